The van der Waals surface area contributed by atoms with E-state index in [1.165, 1.54) is 13.8 Å². The summed E-state index contributed by atoms with van der Waals surface area (Å²) < 4.78 is 1.94. The molecule has 42 heavy (non-hydrogen) atoms. The van der Waals surface area contributed by atoms with Crippen molar-refractivity contribution >= 4 is 51.6 Å². The van der Waals surface area contributed by atoms with E-state index in [1.807, 2.05) is 84.2 Å². The highest BCUT2D eigenvalue weighted by atomic mass is 16.3. The zero-order chi connectivity index (χ0) is 30.0. The van der Waals surface area contributed by atoms with Crippen molar-refractivity contribution in [3.05, 3.63) is 125 Å². The van der Waals surface area contributed by atoms with Gasteiger partial charge in [0.25, 0.3) is 0 Å². The van der Waals surface area contributed by atoms with Crippen molar-refractivity contribution < 1.29 is 24.1 Å². The first-order valence-corrected chi connectivity index (χ1v) is 13.4. The summed E-state index contributed by atoms with van der Waals surface area (Å²) in [5, 5.41) is 19.1. The molecule has 0 aromatic heterocycles. The topological polar surface area (TPSA) is 105 Å². The van der Waals surface area contributed by atoms with Crippen LogP contribution in [0.4, 0.5) is 22.7 Å². The van der Waals surface area contributed by atoms with E-state index in [0.717, 1.165) is 22.8 Å². The van der Waals surface area contributed by atoms with E-state index >= 15 is 0 Å². The molecule has 2 aliphatic rings. The quantitative estimate of drug-likeness (QED) is 0.346. The van der Waals surface area contributed by atoms with E-state index in [0.29, 0.717) is 22.5 Å². The molecule has 8 heteroatoms. The minimum absolute atomic E-state index is 0.0121. The summed E-state index contributed by atoms with van der Waals surface area (Å²) in [5.74, 6) is -1.56. The number of carbonyl (C=O) groups excluding carboxylic acids is 3. The van der Waals surface area contributed by atoms with Crippen LogP contribution >= 0.6 is 0 Å². The molecule has 0 bridgehead atoms. The molecule has 0 unspecified atom stereocenters. The SMILES string of the molecule is CC(=O)NC1=CC(=[N+](/C)c2ccccc2)/C=CC/1=C1/C(=O)C(c2ccc(N(C)c3ccccc3)cc2NC(C)=O)=C1[O-]. The van der Waals surface area contributed by atoms with Crippen LogP contribution in [0.3, 0.4) is 0 Å². The monoisotopic (exact) mass is 558 g/mol. The zero-order valence-electron chi connectivity index (χ0n) is 23.8. The molecule has 0 saturated carbocycles. The maximum absolute atomic E-state index is 13.6. The predicted octanol–water partition coefficient (Wildman–Crippen LogP) is 4.37. The number of amides is 2. The first kappa shape index (κ1) is 28.0. The van der Waals surface area contributed by atoms with Gasteiger partial charge in [-0.1, -0.05) is 48.2 Å². The smallest absolute Gasteiger partial charge is 0.221 e. The Bertz CT molecular complexity index is 1760. The number of hydrogen-bond acceptors (Lipinski definition) is 5. The molecule has 0 heterocycles. The first-order valence-electron chi connectivity index (χ1n) is 13.4. The van der Waals surface area contributed by atoms with Crippen LogP contribution in [0.15, 0.2) is 120 Å². The molecule has 0 saturated heterocycles. The zero-order valence-corrected chi connectivity index (χ0v) is 23.8. The molecular weight excluding hydrogens is 528 g/mol. The molecular formula is C34H30N4O4. The maximum Gasteiger partial charge on any atom is 0.221 e. The molecule has 5 rings (SSSR count). The molecule has 0 radical (unpaired) electrons. The Kier molecular flexibility index (Phi) is 7.71. The number of allylic oxidation sites excluding steroid dienone is 5. The molecule has 8 nitrogen and oxygen atoms in total. The van der Waals surface area contributed by atoms with Crippen molar-refractivity contribution in [3.63, 3.8) is 0 Å². The van der Waals surface area contributed by atoms with Crippen LogP contribution in [0.1, 0.15) is 19.4 Å². The van der Waals surface area contributed by atoms with Gasteiger partial charge in [-0.2, -0.15) is 4.58 Å². The van der Waals surface area contributed by atoms with Crippen molar-refractivity contribution in [3.8, 4) is 0 Å². The van der Waals surface area contributed by atoms with Crippen LogP contribution in [0, 0.1) is 0 Å². The van der Waals surface area contributed by atoms with E-state index in [2.05, 4.69) is 10.6 Å². The van der Waals surface area contributed by atoms with Gasteiger partial charge in [0.05, 0.1) is 11.4 Å². The Morgan fingerprint density at radius 1 is 0.810 bits per heavy atom. The van der Waals surface area contributed by atoms with Crippen molar-refractivity contribution in [1.82, 2.24) is 5.32 Å². The van der Waals surface area contributed by atoms with Crippen LogP contribution in [-0.4, -0.2) is 42.0 Å². The summed E-state index contributed by atoms with van der Waals surface area (Å²) >= 11 is 0. The number of carbonyl (C=O) groups is 3. The molecule has 2 N–H and O–H groups in total. The van der Waals surface area contributed by atoms with Crippen LogP contribution in [-0.2, 0) is 14.4 Å². The number of para-hydroxylation sites is 2. The Morgan fingerprint density at radius 3 is 2.07 bits per heavy atom. The number of nitrogens with zero attached hydrogens (tertiary/aromatic N) is 2. The van der Waals surface area contributed by atoms with E-state index in [-0.39, 0.29) is 23.0 Å². The number of Topliss-reactive ketones (excluding diaryl/α,β-unsaturated/α-hetero) is 1. The van der Waals surface area contributed by atoms with Crippen LogP contribution in [0.5, 0.6) is 0 Å². The fourth-order valence-electron chi connectivity index (χ4n) is 4.99. The third-order valence-corrected chi connectivity index (χ3v) is 7.14. The second-order valence-electron chi connectivity index (χ2n) is 10.0. The van der Waals surface area contributed by atoms with Crippen molar-refractivity contribution in [2.24, 2.45) is 0 Å². The summed E-state index contributed by atoms with van der Waals surface area (Å²) in [6.07, 6.45) is 5.22. The summed E-state index contributed by atoms with van der Waals surface area (Å²) in [6, 6.07) is 24.6. The fourth-order valence-corrected chi connectivity index (χ4v) is 4.99. The largest absolute Gasteiger partial charge is 0.871 e. The number of ketones is 1. The molecule has 0 aliphatic heterocycles. The molecule has 0 atom stereocenters. The summed E-state index contributed by atoms with van der Waals surface area (Å²) in [5.41, 5.74) is 4.79. The lowest BCUT2D eigenvalue weighted by Crippen LogP contribution is -2.33. The number of hydrogen-bond donors (Lipinski definition) is 2. The lowest BCUT2D eigenvalue weighted by Gasteiger charge is -2.34. The normalized spacial score (nSPS) is 17.3. The Morgan fingerprint density at radius 2 is 1.45 bits per heavy atom. The highest BCUT2D eigenvalue weighted by molar-refractivity contribution is 6.40. The minimum atomic E-state index is -0.452. The van der Waals surface area contributed by atoms with Crippen LogP contribution in [0.2, 0.25) is 0 Å². The first-order chi connectivity index (χ1) is 20.2. The number of anilines is 3. The van der Waals surface area contributed by atoms with Gasteiger partial charge in [-0.05, 0) is 30.3 Å². The Hall–Kier alpha value is -5.50. The van der Waals surface area contributed by atoms with Crippen molar-refractivity contribution in [1.29, 1.82) is 0 Å². The fraction of sp³-hybridized carbons (Fsp3) is 0.118. The predicted molar refractivity (Wildman–Crippen MR) is 163 cm³/mol. The average molecular weight is 559 g/mol. The molecule has 2 amide bonds. The van der Waals surface area contributed by atoms with Gasteiger partial charge in [-0.3, -0.25) is 14.4 Å². The van der Waals surface area contributed by atoms with Gasteiger partial charge in [-0.25, -0.2) is 0 Å². The Labute approximate surface area is 244 Å². The van der Waals surface area contributed by atoms with Crippen LogP contribution < -0.4 is 20.6 Å². The standard InChI is InChI=1S/C34H30N4O4/c1-21(39)35-29-19-25(37(3)23-11-7-5-8-12-23)15-17-27(29)31-33(41)32(34(31)42)28-18-16-26(20-30(28)36-22(2)40)38(4)24-13-9-6-10-14-24/h5-20H,1-4H3,(H2,35,36,39,40,41,42). The molecule has 0 spiro atoms. The third kappa shape index (κ3) is 5.42. The lowest BCUT2D eigenvalue weighted by atomic mass is 9.78. The van der Waals surface area contributed by atoms with Gasteiger partial charge >= 0.3 is 0 Å². The third-order valence-electron chi connectivity index (χ3n) is 7.14. The summed E-state index contributed by atoms with van der Waals surface area (Å²) in [7, 11) is 3.78. The molecule has 3 aromatic carbocycles. The average Bonchev–Trinajstić information content (AvgIpc) is 2.98. The summed E-state index contributed by atoms with van der Waals surface area (Å²) in [6.45, 7) is 2.75. The van der Waals surface area contributed by atoms with E-state index in [1.54, 1.807) is 36.4 Å². The van der Waals surface area contributed by atoms with Gasteiger partial charge in [0.15, 0.2) is 5.78 Å². The minimum Gasteiger partial charge on any atom is -0.871 e. The van der Waals surface area contributed by atoms with E-state index in [9.17, 15) is 19.5 Å². The highest BCUT2D eigenvalue weighted by Gasteiger charge is 2.34. The van der Waals surface area contributed by atoms with Gasteiger partial charge in [0.1, 0.15) is 7.05 Å². The maximum atomic E-state index is 13.6. The van der Waals surface area contributed by atoms with Crippen molar-refractivity contribution in [2.45, 2.75) is 13.8 Å². The number of benzene rings is 3. The van der Waals surface area contributed by atoms with Gasteiger partial charge < -0.3 is 20.6 Å². The second-order valence-corrected chi connectivity index (χ2v) is 10.0. The molecule has 3 aromatic rings. The lowest BCUT2D eigenvalue weighted by molar-refractivity contribution is -0.403. The van der Waals surface area contributed by atoms with Crippen molar-refractivity contribution in [2.75, 3.05) is 24.3 Å². The van der Waals surface area contributed by atoms with E-state index in [4.69, 9.17) is 0 Å². The van der Waals surface area contributed by atoms with Crippen LogP contribution in [0.25, 0.3) is 5.57 Å². The molecule has 210 valence electrons. The number of rotatable bonds is 6. The number of nitrogens with one attached hydrogen (secondary N) is 2. The Balaban J connectivity index is 1.57. The highest BCUT2D eigenvalue weighted by Crippen LogP contribution is 2.42. The van der Waals surface area contributed by atoms with Gasteiger partial charge in [0.2, 0.25) is 23.2 Å². The van der Waals surface area contributed by atoms with Gasteiger partial charge in [0, 0.05) is 78.8 Å². The summed E-state index contributed by atoms with van der Waals surface area (Å²) in [4.78, 5) is 39.7. The van der Waals surface area contributed by atoms with E-state index < -0.39 is 11.5 Å². The molecule has 2 aliphatic carbocycles. The van der Waals surface area contributed by atoms with Gasteiger partial charge in [-0.15, -0.1) is 0 Å². The second kappa shape index (κ2) is 11.5. The molecule has 0 fully saturated rings.